The van der Waals surface area contributed by atoms with Gasteiger partial charge in [0.05, 0.1) is 11.1 Å². The van der Waals surface area contributed by atoms with Crippen molar-refractivity contribution < 1.29 is 8.42 Å². The zero-order valence-electron chi connectivity index (χ0n) is 11.5. The van der Waals surface area contributed by atoms with Gasteiger partial charge in [0.15, 0.2) is 0 Å². The van der Waals surface area contributed by atoms with Crippen molar-refractivity contribution in [1.82, 2.24) is 20.2 Å². The highest BCUT2D eigenvalue weighted by atomic mass is 32.2. The Hall–Kier alpha value is -1.70. The molecule has 1 aromatic heterocycles. The molecule has 0 spiro atoms. The largest absolute Gasteiger partial charge is 0.316 e. The summed E-state index contributed by atoms with van der Waals surface area (Å²) < 4.78 is 27.3. The molecule has 0 bridgehead atoms. The molecule has 7 heteroatoms. The predicted octanol–water partition coefficient (Wildman–Crippen LogP) is 0.916. The number of sulfonamides is 1. The zero-order chi connectivity index (χ0) is 14.6. The SMILES string of the molecule is CNCc1cccc(S(=O)(=O)NCc2cn[nH]c2)c1C. The molecule has 0 unspecified atom stereocenters. The van der Waals surface area contributed by atoms with Gasteiger partial charge in [-0.1, -0.05) is 12.1 Å². The lowest BCUT2D eigenvalue weighted by molar-refractivity contribution is 0.580. The number of H-pyrrole nitrogens is 1. The van der Waals surface area contributed by atoms with Gasteiger partial charge in [-0.25, -0.2) is 13.1 Å². The van der Waals surface area contributed by atoms with Crippen LogP contribution in [0.5, 0.6) is 0 Å². The lowest BCUT2D eigenvalue weighted by Crippen LogP contribution is -2.24. The molecule has 0 atom stereocenters. The van der Waals surface area contributed by atoms with Crippen LogP contribution in [-0.2, 0) is 23.1 Å². The Labute approximate surface area is 118 Å². The highest BCUT2D eigenvalue weighted by molar-refractivity contribution is 7.89. The molecule has 3 N–H and O–H groups in total. The Morgan fingerprint density at radius 1 is 1.30 bits per heavy atom. The van der Waals surface area contributed by atoms with Crippen molar-refractivity contribution in [2.45, 2.75) is 24.9 Å². The molecule has 0 saturated heterocycles. The first kappa shape index (κ1) is 14.7. The Morgan fingerprint density at radius 3 is 2.75 bits per heavy atom. The standard InChI is InChI=1S/C13H18N4O2S/c1-10-12(9-14-2)4-3-5-13(10)20(18,19)17-8-11-6-15-16-7-11/h3-7,14,17H,8-9H2,1-2H3,(H,15,16). The molecule has 1 heterocycles. The molecule has 0 amide bonds. The van der Waals surface area contributed by atoms with Gasteiger partial charge < -0.3 is 5.32 Å². The van der Waals surface area contributed by atoms with Crippen molar-refractivity contribution in [3.8, 4) is 0 Å². The van der Waals surface area contributed by atoms with Gasteiger partial charge in [-0.2, -0.15) is 5.10 Å². The molecule has 0 aliphatic heterocycles. The normalized spacial score (nSPS) is 11.7. The second kappa shape index (κ2) is 6.17. The Bertz CT molecular complexity index is 666. The summed E-state index contributed by atoms with van der Waals surface area (Å²) in [6.07, 6.45) is 3.25. The summed E-state index contributed by atoms with van der Waals surface area (Å²) in [6, 6.07) is 5.29. The minimum atomic E-state index is -3.53. The molecule has 2 aromatic rings. The van der Waals surface area contributed by atoms with Gasteiger partial charge in [-0.3, -0.25) is 5.10 Å². The fourth-order valence-corrected chi connectivity index (χ4v) is 3.27. The highest BCUT2D eigenvalue weighted by Gasteiger charge is 2.18. The third-order valence-electron chi connectivity index (χ3n) is 3.07. The Morgan fingerprint density at radius 2 is 2.10 bits per heavy atom. The first-order chi connectivity index (χ1) is 9.54. The zero-order valence-corrected chi connectivity index (χ0v) is 12.3. The molecule has 1 aromatic carbocycles. The molecule has 108 valence electrons. The average Bonchev–Trinajstić information content (AvgIpc) is 2.92. The topological polar surface area (TPSA) is 86.9 Å². The van der Waals surface area contributed by atoms with Gasteiger partial charge in [0, 0.05) is 24.8 Å². The van der Waals surface area contributed by atoms with Crippen molar-refractivity contribution in [2.75, 3.05) is 7.05 Å². The van der Waals surface area contributed by atoms with E-state index in [-0.39, 0.29) is 6.54 Å². The quantitative estimate of drug-likeness (QED) is 0.739. The molecule has 6 nitrogen and oxygen atoms in total. The van der Waals surface area contributed by atoms with E-state index in [2.05, 4.69) is 20.2 Å². The van der Waals surface area contributed by atoms with Gasteiger partial charge in [0.2, 0.25) is 10.0 Å². The number of aromatic nitrogens is 2. The lowest BCUT2D eigenvalue weighted by atomic mass is 10.1. The van der Waals surface area contributed by atoms with Crippen molar-refractivity contribution >= 4 is 10.0 Å². The van der Waals surface area contributed by atoms with E-state index in [0.717, 1.165) is 16.7 Å². The maximum absolute atomic E-state index is 12.3. The summed E-state index contributed by atoms with van der Waals surface area (Å²) >= 11 is 0. The van der Waals surface area contributed by atoms with E-state index < -0.39 is 10.0 Å². The summed E-state index contributed by atoms with van der Waals surface area (Å²) in [5.41, 5.74) is 2.53. The Balaban J connectivity index is 2.23. The van der Waals surface area contributed by atoms with Gasteiger partial charge in [0.25, 0.3) is 0 Å². The first-order valence-corrected chi connectivity index (χ1v) is 7.73. The third kappa shape index (κ3) is 3.24. The van der Waals surface area contributed by atoms with Crippen LogP contribution in [0.15, 0.2) is 35.5 Å². The molecule has 2 rings (SSSR count). The van der Waals surface area contributed by atoms with Crippen molar-refractivity contribution in [3.63, 3.8) is 0 Å². The van der Waals surface area contributed by atoms with Gasteiger partial charge >= 0.3 is 0 Å². The molecule has 0 aliphatic rings. The lowest BCUT2D eigenvalue weighted by Gasteiger charge is -2.12. The minimum absolute atomic E-state index is 0.217. The van der Waals surface area contributed by atoms with Crippen LogP contribution in [0.2, 0.25) is 0 Å². The maximum atomic E-state index is 12.3. The number of hydrogen-bond acceptors (Lipinski definition) is 4. The molecule has 0 fully saturated rings. The Kier molecular flexibility index (Phi) is 4.53. The summed E-state index contributed by atoms with van der Waals surface area (Å²) in [4.78, 5) is 0.314. The fourth-order valence-electron chi connectivity index (χ4n) is 1.96. The van der Waals surface area contributed by atoms with E-state index in [0.29, 0.717) is 11.4 Å². The second-order valence-corrected chi connectivity index (χ2v) is 6.24. The summed E-state index contributed by atoms with van der Waals surface area (Å²) in [6.45, 7) is 2.67. The van der Waals surface area contributed by atoms with Crippen LogP contribution in [0.25, 0.3) is 0 Å². The third-order valence-corrected chi connectivity index (χ3v) is 4.62. The van der Waals surface area contributed by atoms with E-state index in [4.69, 9.17) is 0 Å². The molecular weight excluding hydrogens is 276 g/mol. The van der Waals surface area contributed by atoms with Crippen LogP contribution >= 0.6 is 0 Å². The summed E-state index contributed by atoms with van der Waals surface area (Å²) in [5, 5.41) is 9.46. The smallest absolute Gasteiger partial charge is 0.241 e. The number of rotatable bonds is 6. The van der Waals surface area contributed by atoms with Crippen molar-refractivity contribution in [2.24, 2.45) is 0 Å². The molecule has 0 aliphatic carbocycles. The van der Waals surface area contributed by atoms with E-state index in [9.17, 15) is 8.42 Å². The summed E-state index contributed by atoms with van der Waals surface area (Å²) in [7, 11) is -1.70. The van der Waals surface area contributed by atoms with Gasteiger partial charge in [-0.15, -0.1) is 0 Å². The number of nitrogens with one attached hydrogen (secondary N) is 3. The van der Waals surface area contributed by atoms with Crippen LogP contribution < -0.4 is 10.0 Å². The van der Waals surface area contributed by atoms with Crippen molar-refractivity contribution in [3.05, 3.63) is 47.3 Å². The number of benzene rings is 1. The molecule has 0 radical (unpaired) electrons. The van der Waals surface area contributed by atoms with E-state index >= 15 is 0 Å². The van der Waals surface area contributed by atoms with Gasteiger partial charge in [0.1, 0.15) is 0 Å². The highest BCUT2D eigenvalue weighted by Crippen LogP contribution is 2.19. The van der Waals surface area contributed by atoms with Crippen molar-refractivity contribution in [1.29, 1.82) is 0 Å². The molecule has 20 heavy (non-hydrogen) atoms. The average molecular weight is 294 g/mol. The second-order valence-electron chi connectivity index (χ2n) is 4.50. The number of hydrogen-bond donors (Lipinski definition) is 3. The van der Waals surface area contributed by atoms with Crippen LogP contribution in [0.4, 0.5) is 0 Å². The van der Waals surface area contributed by atoms with Crippen LogP contribution in [0, 0.1) is 6.92 Å². The summed E-state index contributed by atoms with van der Waals surface area (Å²) in [5.74, 6) is 0. The predicted molar refractivity (Wildman–Crippen MR) is 76.6 cm³/mol. The van der Waals surface area contributed by atoms with Crippen LogP contribution in [0.1, 0.15) is 16.7 Å². The van der Waals surface area contributed by atoms with Crippen LogP contribution in [-0.4, -0.2) is 25.7 Å². The van der Waals surface area contributed by atoms with E-state index in [1.165, 1.54) is 0 Å². The maximum Gasteiger partial charge on any atom is 0.241 e. The molecular formula is C13H18N4O2S. The first-order valence-electron chi connectivity index (χ1n) is 6.25. The van der Waals surface area contributed by atoms with Gasteiger partial charge in [-0.05, 0) is 31.2 Å². The molecule has 0 saturated carbocycles. The van der Waals surface area contributed by atoms with E-state index in [1.807, 2.05) is 20.0 Å². The fraction of sp³-hybridized carbons (Fsp3) is 0.308. The number of aromatic amines is 1. The van der Waals surface area contributed by atoms with E-state index in [1.54, 1.807) is 24.5 Å². The number of nitrogens with zero attached hydrogens (tertiary/aromatic N) is 1. The minimum Gasteiger partial charge on any atom is -0.316 e. The monoisotopic (exact) mass is 294 g/mol. The van der Waals surface area contributed by atoms with Crippen LogP contribution in [0.3, 0.4) is 0 Å².